The van der Waals surface area contributed by atoms with Crippen LogP contribution in [-0.4, -0.2) is 6.54 Å². The van der Waals surface area contributed by atoms with E-state index in [0.717, 1.165) is 13.0 Å². The fourth-order valence-corrected chi connectivity index (χ4v) is 3.60. The van der Waals surface area contributed by atoms with E-state index in [-0.39, 0.29) is 0 Å². The minimum absolute atomic E-state index is 0.378. The fourth-order valence-electron chi connectivity index (χ4n) is 2.08. The zero-order valence-electron chi connectivity index (χ0n) is 10.7. The van der Waals surface area contributed by atoms with Gasteiger partial charge in [0.1, 0.15) is 0 Å². The van der Waals surface area contributed by atoms with E-state index >= 15 is 0 Å². The van der Waals surface area contributed by atoms with Crippen molar-refractivity contribution in [1.29, 1.82) is 0 Å². The van der Waals surface area contributed by atoms with E-state index in [1.165, 1.54) is 20.5 Å². The highest BCUT2D eigenvalue weighted by Crippen LogP contribution is 2.28. The third-order valence-electron chi connectivity index (χ3n) is 2.97. The standard InChI is InChI=1S/C15H18BrNS/c1-3-17-15(10-12-5-4-8-18-12)13-7-6-11(2)9-14(13)16/h4-9,15,17H,3,10H2,1-2H3. The molecular weight excluding hydrogens is 306 g/mol. The van der Waals surface area contributed by atoms with Crippen LogP contribution in [0.5, 0.6) is 0 Å². The second kappa shape index (κ2) is 6.50. The zero-order chi connectivity index (χ0) is 13.0. The van der Waals surface area contributed by atoms with Gasteiger partial charge in [0.05, 0.1) is 0 Å². The van der Waals surface area contributed by atoms with Crippen LogP contribution in [0.2, 0.25) is 0 Å². The van der Waals surface area contributed by atoms with Crippen LogP contribution in [-0.2, 0) is 6.42 Å². The molecule has 1 heterocycles. The average Bonchev–Trinajstić information content (AvgIpc) is 2.81. The minimum Gasteiger partial charge on any atom is -0.310 e. The quantitative estimate of drug-likeness (QED) is 0.840. The predicted molar refractivity (Wildman–Crippen MR) is 83.3 cm³/mol. The minimum atomic E-state index is 0.378. The fraction of sp³-hybridized carbons (Fsp3) is 0.333. The summed E-state index contributed by atoms with van der Waals surface area (Å²) >= 11 is 5.51. The second-order valence-corrected chi connectivity index (χ2v) is 6.31. The van der Waals surface area contributed by atoms with Crippen LogP contribution in [0.4, 0.5) is 0 Å². The number of likely N-dealkylation sites (N-methyl/N-ethyl adjacent to an activating group) is 1. The summed E-state index contributed by atoms with van der Waals surface area (Å²) in [6.45, 7) is 5.26. The Morgan fingerprint density at radius 3 is 2.78 bits per heavy atom. The number of aryl methyl sites for hydroxylation is 1. The molecular formula is C15H18BrNS. The van der Waals surface area contributed by atoms with Crippen molar-refractivity contribution in [2.45, 2.75) is 26.3 Å². The Bertz CT molecular complexity index is 493. The van der Waals surface area contributed by atoms with Crippen molar-refractivity contribution in [2.24, 2.45) is 0 Å². The summed E-state index contributed by atoms with van der Waals surface area (Å²) in [5.41, 5.74) is 2.63. The van der Waals surface area contributed by atoms with E-state index in [0.29, 0.717) is 6.04 Å². The predicted octanol–water partition coefficient (Wildman–Crippen LogP) is 4.71. The van der Waals surface area contributed by atoms with Crippen molar-refractivity contribution in [3.05, 3.63) is 56.2 Å². The Morgan fingerprint density at radius 1 is 1.33 bits per heavy atom. The van der Waals surface area contributed by atoms with E-state index in [1.807, 2.05) is 11.3 Å². The summed E-state index contributed by atoms with van der Waals surface area (Å²) in [7, 11) is 0. The van der Waals surface area contributed by atoms with E-state index in [1.54, 1.807) is 0 Å². The number of thiophene rings is 1. The molecule has 1 unspecified atom stereocenters. The van der Waals surface area contributed by atoms with Crippen LogP contribution in [0, 0.1) is 6.92 Å². The van der Waals surface area contributed by atoms with Crippen molar-refractivity contribution < 1.29 is 0 Å². The number of hydrogen-bond donors (Lipinski definition) is 1. The van der Waals surface area contributed by atoms with Crippen LogP contribution in [0.3, 0.4) is 0 Å². The van der Waals surface area contributed by atoms with E-state index in [2.05, 4.69) is 70.8 Å². The third kappa shape index (κ3) is 3.44. The molecule has 0 aliphatic rings. The number of rotatable bonds is 5. The highest BCUT2D eigenvalue weighted by atomic mass is 79.9. The summed E-state index contributed by atoms with van der Waals surface area (Å²) in [4.78, 5) is 1.42. The molecule has 96 valence electrons. The maximum Gasteiger partial charge on any atom is 0.0379 e. The molecule has 18 heavy (non-hydrogen) atoms. The lowest BCUT2D eigenvalue weighted by molar-refractivity contribution is 0.551. The van der Waals surface area contributed by atoms with E-state index < -0.39 is 0 Å². The van der Waals surface area contributed by atoms with Gasteiger partial charge >= 0.3 is 0 Å². The molecule has 2 rings (SSSR count). The van der Waals surface area contributed by atoms with Gasteiger partial charge in [-0.05, 0) is 42.1 Å². The molecule has 3 heteroatoms. The van der Waals surface area contributed by atoms with Gasteiger partial charge in [-0.15, -0.1) is 11.3 Å². The molecule has 1 aromatic carbocycles. The van der Waals surface area contributed by atoms with Crippen LogP contribution >= 0.6 is 27.3 Å². The average molecular weight is 324 g/mol. The summed E-state index contributed by atoms with van der Waals surface area (Å²) < 4.78 is 1.20. The molecule has 1 aromatic heterocycles. The smallest absolute Gasteiger partial charge is 0.0379 e. The summed E-state index contributed by atoms with van der Waals surface area (Å²) in [5, 5.41) is 5.72. The molecule has 0 saturated carbocycles. The van der Waals surface area contributed by atoms with Gasteiger partial charge < -0.3 is 5.32 Å². The number of halogens is 1. The van der Waals surface area contributed by atoms with Crippen LogP contribution < -0.4 is 5.32 Å². The molecule has 2 aromatic rings. The van der Waals surface area contributed by atoms with Crippen molar-refractivity contribution >= 4 is 27.3 Å². The first-order valence-corrected chi connectivity index (χ1v) is 7.89. The number of hydrogen-bond acceptors (Lipinski definition) is 2. The maximum absolute atomic E-state index is 3.69. The molecule has 0 amide bonds. The molecule has 0 aliphatic carbocycles. The molecule has 0 bridgehead atoms. The lowest BCUT2D eigenvalue weighted by atomic mass is 10.0. The van der Waals surface area contributed by atoms with Crippen LogP contribution in [0.15, 0.2) is 40.2 Å². The molecule has 1 nitrogen and oxygen atoms in total. The van der Waals surface area contributed by atoms with Gasteiger partial charge in [-0.2, -0.15) is 0 Å². The van der Waals surface area contributed by atoms with Crippen LogP contribution in [0.1, 0.15) is 29.0 Å². The van der Waals surface area contributed by atoms with Gasteiger partial charge in [-0.1, -0.05) is 41.1 Å². The first-order valence-electron chi connectivity index (χ1n) is 6.22. The van der Waals surface area contributed by atoms with Gasteiger partial charge in [0.25, 0.3) is 0 Å². The Hall–Kier alpha value is -0.640. The summed E-state index contributed by atoms with van der Waals surface area (Å²) in [6.07, 6.45) is 1.05. The number of benzene rings is 1. The molecule has 0 aliphatic heterocycles. The Balaban J connectivity index is 2.23. The van der Waals surface area contributed by atoms with Crippen molar-refractivity contribution in [2.75, 3.05) is 6.54 Å². The summed E-state index contributed by atoms with van der Waals surface area (Å²) in [6, 6.07) is 11.3. The SMILES string of the molecule is CCNC(Cc1cccs1)c1ccc(C)cc1Br. The van der Waals surface area contributed by atoms with Crippen molar-refractivity contribution in [3.8, 4) is 0 Å². The van der Waals surface area contributed by atoms with Gasteiger partial charge in [0.15, 0.2) is 0 Å². The molecule has 0 radical (unpaired) electrons. The maximum atomic E-state index is 3.69. The van der Waals surface area contributed by atoms with Crippen molar-refractivity contribution in [3.63, 3.8) is 0 Å². The Labute approximate surface area is 121 Å². The normalized spacial score (nSPS) is 12.6. The van der Waals surface area contributed by atoms with Gasteiger partial charge in [0, 0.05) is 21.8 Å². The van der Waals surface area contributed by atoms with Crippen molar-refractivity contribution in [1.82, 2.24) is 5.32 Å². The molecule has 1 atom stereocenters. The first-order chi connectivity index (χ1) is 8.70. The Morgan fingerprint density at radius 2 is 2.17 bits per heavy atom. The highest BCUT2D eigenvalue weighted by molar-refractivity contribution is 9.10. The molecule has 0 spiro atoms. The molecule has 1 N–H and O–H groups in total. The first kappa shape index (κ1) is 13.8. The largest absolute Gasteiger partial charge is 0.310 e. The monoisotopic (exact) mass is 323 g/mol. The Kier molecular flexibility index (Phi) is 4.98. The van der Waals surface area contributed by atoms with Crippen LogP contribution in [0.25, 0.3) is 0 Å². The zero-order valence-corrected chi connectivity index (χ0v) is 13.1. The van der Waals surface area contributed by atoms with E-state index in [9.17, 15) is 0 Å². The van der Waals surface area contributed by atoms with Gasteiger partial charge in [-0.25, -0.2) is 0 Å². The molecule has 0 fully saturated rings. The van der Waals surface area contributed by atoms with E-state index in [4.69, 9.17) is 0 Å². The number of nitrogens with one attached hydrogen (secondary N) is 1. The lowest BCUT2D eigenvalue weighted by Crippen LogP contribution is -2.23. The molecule has 0 saturated heterocycles. The lowest BCUT2D eigenvalue weighted by Gasteiger charge is -2.19. The summed E-state index contributed by atoms with van der Waals surface area (Å²) in [5.74, 6) is 0. The van der Waals surface area contributed by atoms with Gasteiger partial charge in [0.2, 0.25) is 0 Å². The topological polar surface area (TPSA) is 12.0 Å². The third-order valence-corrected chi connectivity index (χ3v) is 4.55. The second-order valence-electron chi connectivity index (χ2n) is 4.42. The van der Waals surface area contributed by atoms with Gasteiger partial charge in [-0.3, -0.25) is 0 Å². The highest BCUT2D eigenvalue weighted by Gasteiger charge is 2.14.